The van der Waals surface area contributed by atoms with E-state index in [2.05, 4.69) is 15.5 Å². The maximum Gasteiger partial charge on any atom is 0.239 e. The van der Waals surface area contributed by atoms with E-state index in [0.717, 1.165) is 38.8 Å². The minimum atomic E-state index is -0.0428. The highest BCUT2D eigenvalue weighted by Crippen LogP contribution is 2.18. The lowest BCUT2D eigenvalue weighted by Gasteiger charge is -2.35. The normalized spacial score (nSPS) is 22.9. The summed E-state index contributed by atoms with van der Waals surface area (Å²) in [7, 11) is 3.66. The summed E-state index contributed by atoms with van der Waals surface area (Å²) in [5.41, 5.74) is 0. The molecule has 1 aliphatic carbocycles. The highest BCUT2D eigenvalue weighted by atomic mass is 16.2. The van der Waals surface area contributed by atoms with Crippen LogP contribution >= 0.6 is 0 Å². The number of likely N-dealkylation sites (N-methyl/N-ethyl adjacent to an activating group) is 2. The molecular weight excluding hydrogens is 268 g/mol. The molecule has 1 unspecified atom stereocenters. The second-order valence-corrected chi connectivity index (χ2v) is 6.27. The van der Waals surface area contributed by atoms with Crippen LogP contribution in [0.1, 0.15) is 32.1 Å². The number of nitrogens with zero attached hydrogens (tertiary/aromatic N) is 2. The van der Waals surface area contributed by atoms with Crippen LogP contribution in [0, 0.1) is 0 Å². The Morgan fingerprint density at radius 1 is 1.24 bits per heavy atom. The van der Waals surface area contributed by atoms with Crippen molar-refractivity contribution in [2.75, 3.05) is 40.3 Å². The van der Waals surface area contributed by atoms with Crippen molar-refractivity contribution in [3.05, 3.63) is 0 Å². The van der Waals surface area contributed by atoms with E-state index in [1.54, 1.807) is 11.9 Å². The molecule has 1 saturated heterocycles. The number of likely N-dealkylation sites (tertiary alicyclic amines) is 1. The van der Waals surface area contributed by atoms with Gasteiger partial charge in [-0.25, -0.2) is 0 Å². The average Bonchev–Trinajstić information content (AvgIpc) is 3.24. The van der Waals surface area contributed by atoms with Crippen LogP contribution in [0.2, 0.25) is 0 Å². The first-order valence-corrected chi connectivity index (χ1v) is 8.02. The molecule has 0 radical (unpaired) electrons. The van der Waals surface area contributed by atoms with Crippen LogP contribution in [0.4, 0.5) is 0 Å². The Morgan fingerprint density at radius 3 is 2.67 bits per heavy atom. The molecule has 2 rings (SSSR count). The monoisotopic (exact) mass is 296 g/mol. The van der Waals surface area contributed by atoms with Crippen molar-refractivity contribution in [2.45, 2.75) is 44.2 Å². The second kappa shape index (κ2) is 7.75. The summed E-state index contributed by atoms with van der Waals surface area (Å²) in [6.45, 7) is 2.47. The van der Waals surface area contributed by atoms with Gasteiger partial charge in [-0.1, -0.05) is 6.42 Å². The van der Waals surface area contributed by atoms with E-state index in [1.807, 2.05) is 7.05 Å². The summed E-state index contributed by atoms with van der Waals surface area (Å²) in [5.74, 6) is -0.0114. The summed E-state index contributed by atoms with van der Waals surface area (Å²) < 4.78 is 0. The van der Waals surface area contributed by atoms with Gasteiger partial charge in [0.2, 0.25) is 11.8 Å². The number of hydrogen-bond donors (Lipinski definition) is 2. The summed E-state index contributed by atoms with van der Waals surface area (Å²) in [6.07, 6.45) is 5.67. The number of hydrogen-bond acceptors (Lipinski definition) is 4. The fourth-order valence-corrected chi connectivity index (χ4v) is 2.83. The molecule has 0 aromatic carbocycles. The third-order valence-electron chi connectivity index (χ3n) is 4.28. The molecule has 6 nitrogen and oxygen atoms in total. The predicted octanol–water partition coefficient (Wildman–Crippen LogP) is -0.203. The Labute approximate surface area is 127 Å². The van der Waals surface area contributed by atoms with Crippen molar-refractivity contribution in [1.29, 1.82) is 0 Å². The number of carbonyl (C=O) groups excluding carboxylic acids is 2. The average molecular weight is 296 g/mol. The molecule has 1 saturated carbocycles. The summed E-state index contributed by atoms with van der Waals surface area (Å²) in [5, 5.41) is 6.12. The van der Waals surface area contributed by atoms with Crippen molar-refractivity contribution < 1.29 is 9.59 Å². The second-order valence-electron chi connectivity index (χ2n) is 6.27. The molecule has 2 amide bonds. The minimum absolute atomic E-state index is 0.0314. The van der Waals surface area contributed by atoms with Crippen molar-refractivity contribution in [1.82, 2.24) is 20.4 Å². The predicted molar refractivity (Wildman–Crippen MR) is 81.9 cm³/mol. The first-order chi connectivity index (χ1) is 10.1. The van der Waals surface area contributed by atoms with Crippen molar-refractivity contribution in [3.63, 3.8) is 0 Å². The molecule has 2 fully saturated rings. The Balaban J connectivity index is 1.76. The van der Waals surface area contributed by atoms with E-state index in [-0.39, 0.29) is 18.4 Å². The molecule has 2 N–H and O–H groups in total. The largest absolute Gasteiger partial charge is 0.352 e. The fourth-order valence-electron chi connectivity index (χ4n) is 2.83. The fraction of sp³-hybridized carbons (Fsp3) is 0.867. The topological polar surface area (TPSA) is 64.7 Å². The summed E-state index contributed by atoms with van der Waals surface area (Å²) in [6, 6.07) is 0.782. The Hall–Kier alpha value is -1.14. The van der Waals surface area contributed by atoms with Gasteiger partial charge in [-0.15, -0.1) is 0 Å². The first-order valence-electron chi connectivity index (χ1n) is 8.02. The lowest BCUT2D eigenvalue weighted by atomic mass is 10.0. The molecule has 21 heavy (non-hydrogen) atoms. The van der Waals surface area contributed by atoms with Crippen molar-refractivity contribution >= 4 is 11.8 Å². The quantitative estimate of drug-likeness (QED) is 0.683. The van der Waals surface area contributed by atoms with Crippen LogP contribution in [-0.2, 0) is 9.59 Å². The molecule has 0 spiro atoms. The van der Waals surface area contributed by atoms with Gasteiger partial charge in [-0.3, -0.25) is 14.5 Å². The standard InChI is InChI=1S/C15H28N4O2/c1-16-9-13-5-3-4-8-19(13)11-15(21)18(2)10-14(20)17-12-6-7-12/h12-13,16H,3-11H2,1-2H3,(H,17,20). The van der Waals surface area contributed by atoms with Crippen molar-refractivity contribution in [3.8, 4) is 0 Å². The van der Waals surface area contributed by atoms with Gasteiger partial charge in [0.1, 0.15) is 0 Å². The van der Waals surface area contributed by atoms with E-state index in [4.69, 9.17) is 0 Å². The van der Waals surface area contributed by atoms with Crippen LogP contribution < -0.4 is 10.6 Å². The van der Waals surface area contributed by atoms with Crippen LogP contribution in [0.25, 0.3) is 0 Å². The molecule has 0 bridgehead atoms. The number of nitrogens with one attached hydrogen (secondary N) is 2. The van der Waals surface area contributed by atoms with E-state index in [1.165, 1.54) is 6.42 Å². The Kier molecular flexibility index (Phi) is 5.99. The van der Waals surface area contributed by atoms with Crippen LogP contribution in [0.5, 0.6) is 0 Å². The zero-order chi connectivity index (χ0) is 15.2. The van der Waals surface area contributed by atoms with Gasteiger partial charge in [0.25, 0.3) is 0 Å². The maximum atomic E-state index is 12.3. The Bertz CT molecular complexity index is 369. The van der Waals surface area contributed by atoms with E-state index >= 15 is 0 Å². The third kappa shape index (κ3) is 5.28. The molecule has 0 aromatic heterocycles. The number of carbonyl (C=O) groups is 2. The molecule has 0 aromatic rings. The zero-order valence-electron chi connectivity index (χ0n) is 13.2. The van der Waals surface area contributed by atoms with Gasteiger partial charge in [-0.05, 0) is 39.3 Å². The lowest BCUT2D eigenvalue weighted by Crippen LogP contribution is -2.50. The summed E-state index contributed by atoms with van der Waals surface area (Å²) in [4.78, 5) is 27.8. The molecule has 1 heterocycles. The number of piperidine rings is 1. The molecule has 120 valence electrons. The van der Waals surface area contributed by atoms with Gasteiger partial charge in [0.05, 0.1) is 13.1 Å². The highest BCUT2D eigenvalue weighted by molar-refractivity contribution is 5.85. The van der Waals surface area contributed by atoms with Gasteiger partial charge in [-0.2, -0.15) is 0 Å². The van der Waals surface area contributed by atoms with Gasteiger partial charge >= 0.3 is 0 Å². The van der Waals surface area contributed by atoms with Crippen LogP contribution in [0.3, 0.4) is 0 Å². The Morgan fingerprint density at radius 2 is 2.00 bits per heavy atom. The van der Waals surface area contributed by atoms with Crippen LogP contribution in [0.15, 0.2) is 0 Å². The third-order valence-corrected chi connectivity index (χ3v) is 4.28. The maximum absolute atomic E-state index is 12.3. The molecule has 1 aliphatic heterocycles. The first kappa shape index (κ1) is 16.2. The van der Waals surface area contributed by atoms with Gasteiger partial charge in [0.15, 0.2) is 0 Å². The van der Waals surface area contributed by atoms with Gasteiger partial charge in [0, 0.05) is 25.7 Å². The number of rotatable bonds is 7. The summed E-state index contributed by atoms with van der Waals surface area (Å²) >= 11 is 0. The smallest absolute Gasteiger partial charge is 0.239 e. The molecule has 1 atom stereocenters. The van der Waals surface area contributed by atoms with E-state index < -0.39 is 0 Å². The van der Waals surface area contributed by atoms with Crippen LogP contribution in [-0.4, -0.2) is 74.0 Å². The highest BCUT2D eigenvalue weighted by Gasteiger charge is 2.27. The molecular formula is C15H28N4O2. The minimum Gasteiger partial charge on any atom is -0.352 e. The lowest BCUT2D eigenvalue weighted by molar-refractivity contribution is -0.136. The zero-order valence-corrected chi connectivity index (χ0v) is 13.2. The SMILES string of the molecule is CNCC1CCCCN1CC(=O)N(C)CC(=O)NC1CC1. The van der Waals surface area contributed by atoms with E-state index in [9.17, 15) is 9.59 Å². The van der Waals surface area contributed by atoms with E-state index in [0.29, 0.717) is 18.6 Å². The molecule has 6 heteroatoms. The van der Waals surface area contributed by atoms with Crippen molar-refractivity contribution in [2.24, 2.45) is 0 Å². The van der Waals surface area contributed by atoms with Gasteiger partial charge < -0.3 is 15.5 Å². The number of amides is 2. The molecule has 2 aliphatic rings.